The summed E-state index contributed by atoms with van der Waals surface area (Å²) < 4.78 is 15.1. The first kappa shape index (κ1) is 20.0. The molecule has 0 saturated heterocycles. The first-order valence-corrected chi connectivity index (χ1v) is 9.27. The maximum atomic E-state index is 13.6. The molecule has 2 aromatic carbocycles. The van der Waals surface area contributed by atoms with E-state index in [9.17, 15) is 9.18 Å². The highest BCUT2D eigenvalue weighted by Gasteiger charge is 2.23. The number of likely N-dealkylation sites (N-methyl/N-ethyl adjacent to an activating group) is 1. The summed E-state index contributed by atoms with van der Waals surface area (Å²) in [5.41, 5.74) is 2.44. The lowest BCUT2D eigenvalue weighted by Crippen LogP contribution is -2.34. The van der Waals surface area contributed by atoms with E-state index in [0.29, 0.717) is 17.8 Å². The number of aryl methyl sites for hydroxylation is 1. The predicted molar refractivity (Wildman–Crippen MR) is 108 cm³/mol. The highest BCUT2D eigenvalue weighted by molar-refractivity contribution is 6.33. The zero-order chi connectivity index (χ0) is 20.3. The van der Waals surface area contributed by atoms with E-state index in [0.717, 1.165) is 11.3 Å². The molecular weight excluding hydrogens is 379 g/mol. The summed E-state index contributed by atoms with van der Waals surface area (Å²) in [6, 6.07) is 15.6. The van der Waals surface area contributed by atoms with Crippen molar-refractivity contribution in [1.82, 2.24) is 20.0 Å². The maximum absolute atomic E-state index is 13.6. The van der Waals surface area contributed by atoms with Crippen LogP contribution in [0.4, 0.5) is 4.39 Å². The lowest BCUT2D eigenvalue weighted by Gasteiger charge is -2.25. The third kappa shape index (κ3) is 4.24. The lowest BCUT2D eigenvalue weighted by molar-refractivity contribution is 0.0941. The van der Waals surface area contributed by atoms with Crippen LogP contribution in [-0.4, -0.2) is 41.2 Å². The third-order valence-electron chi connectivity index (χ3n) is 4.54. The molecule has 0 saturated carbocycles. The van der Waals surface area contributed by atoms with Gasteiger partial charge in [0.15, 0.2) is 0 Å². The molecule has 3 aromatic rings. The predicted octanol–water partition coefficient (Wildman–Crippen LogP) is 4.01. The molecule has 1 heterocycles. The molecule has 1 N–H and O–H groups in total. The molecule has 0 aliphatic rings. The molecule has 1 atom stereocenters. The van der Waals surface area contributed by atoms with Crippen LogP contribution in [0.2, 0.25) is 5.15 Å². The van der Waals surface area contributed by atoms with Crippen molar-refractivity contribution in [3.63, 3.8) is 0 Å². The van der Waals surface area contributed by atoms with Crippen molar-refractivity contribution in [3.05, 3.63) is 82.4 Å². The van der Waals surface area contributed by atoms with Gasteiger partial charge in [0.05, 0.1) is 23.0 Å². The van der Waals surface area contributed by atoms with E-state index in [1.807, 2.05) is 55.4 Å². The van der Waals surface area contributed by atoms with E-state index < -0.39 is 0 Å². The van der Waals surface area contributed by atoms with E-state index >= 15 is 0 Å². The summed E-state index contributed by atoms with van der Waals surface area (Å²) in [6.07, 6.45) is 0. The Morgan fingerprint density at radius 2 is 1.93 bits per heavy atom. The first-order valence-electron chi connectivity index (χ1n) is 8.89. The SMILES string of the molecule is Cc1nn(-c2ccccc2)c(Cl)c1C(=O)NC[C@H](c1cccc(F)c1)N(C)C. The lowest BCUT2D eigenvalue weighted by atomic mass is 10.1. The molecule has 7 heteroatoms. The Hall–Kier alpha value is -2.70. The number of carbonyl (C=O) groups excluding carboxylic acids is 1. The highest BCUT2D eigenvalue weighted by atomic mass is 35.5. The van der Waals surface area contributed by atoms with Gasteiger partial charge in [-0.3, -0.25) is 4.79 Å². The molecule has 0 radical (unpaired) electrons. The molecule has 146 valence electrons. The maximum Gasteiger partial charge on any atom is 0.256 e. The Morgan fingerprint density at radius 1 is 1.21 bits per heavy atom. The number of hydrogen-bond acceptors (Lipinski definition) is 3. The summed E-state index contributed by atoms with van der Waals surface area (Å²) in [4.78, 5) is 14.7. The fraction of sp³-hybridized carbons (Fsp3) is 0.238. The minimum atomic E-state index is -0.312. The number of hydrogen-bond donors (Lipinski definition) is 1. The molecule has 0 unspecified atom stereocenters. The first-order chi connectivity index (χ1) is 13.4. The molecule has 3 rings (SSSR count). The van der Waals surface area contributed by atoms with Crippen molar-refractivity contribution in [2.75, 3.05) is 20.6 Å². The molecule has 28 heavy (non-hydrogen) atoms. The van der Waals surface area contributed by atoms with Crippen LogP contribution in [0, 0.1) is 12.7 Å². The van der Waals surface area contributed by atoms with Gasteiger partial charge in [0.25, 0.3) is 5.91 Å². The standard InChI is InChI=1S/C21H22ClFN4O/c1-14-19(20(22)27(25-14)17-10-5-4-6-11-17)21(28)24-13-18(26(2)3)15-8-7-9-16(23)12-15/h4-12,18H,13H2,1-3H3,(H,24,28)/t18-/m1/s1. The smallest absolute Gasteiger partial charge is 0.256 e. The van der Waals surface area contributed by atoms with Gasteiger partial charge in [-0.1, -0.05) is 41.9 Å². The van der Waals surface area contributed by atoms with Gasteiger partial charge in [-0.25, -0.2) is 9.07 Å². The highest BCUT2D eigenvalue weighted by Crippen LogP contribution is 2.24. The van der Waals surface area contributed by atoms with Gasteiger partial charge in [0.1, 0.15) is 11.0 Å². The van der Waals surface area contributed by atoms with Gasteiger partial charge in [-0.2, -0.15) is 5.10 Å². The summed E-state index contributed by atoms with van der Waals surface area (Å²) >= 11 is 6.45. The van der Waals surface area contributed by atoms with Crippen molar-refractivity contribution < 1.29 is 9.18 Å². The molecular formula is C21H22ClFN4O. The van der Waals surface area contributed by atoms with Crippen LogP contribution < -0.4 is 5.32 Å². The number of nitrogens with zero attached hydrogens (tertiary/aromatic N) is 3. The van der Waals surface area contributed by atoms with Crippen molar-refractivity contribution in [2.45, 2.75) is 13.0 Å². The molecule has 5 nitrogen and oxygen atoms in total. The molecule has 0 spiro atoms. The molecule has 0 bridgehead atoms. The van der Waals surface area contributed by atoms with E-state index in [1.165, 1.54) is 12.1 Å². The Balaban J connectivity index is 1.80. The number of carbonyl (C=O) groups is 1. The Bertz CT molecular complexity index is 972. The molecule has 1 amide bonds. The van der Waals surface area contributed by atoms with Gasteiger partial charge in [-0.05, 0) is 50.8 Å². The number of benzene rings is 2. The van der Waals surface area contributed by atoms with Crippen molar-refractivity contribution in [3.8, 4) is 5.69 Å². The summed E-state index contributed by atoms with van der Waals surface area (Å²) in [7, 11) is 3.76. The summed E-state index contributed by atoms with van der Waals surface area (Å²) in [6.45, 7) is 2.05. The largest absolute Gasteiger partial charge is 0.350 e. The monoisotopic (exact) mass is 400 g/mol. The second kappa shape index (κ2) is 8.54. The average molecular weight is 401 g/mol. The van der Waals surface area contributed by atoms with Crippen molar-refractivity contribution in [1.29, 1.82) is 0 Å². The van der Waals surface area contributed by atoms with Crippen LogP contribution in [0.5, 0.6) is 0 Å². The van der Waals surface area contributed by atoms with E-state index in [-0.39, 0.29) is 22.9 Å². The van der Waals surface area contributed by atoms with Gasteiger partial charge >= 0.3 is 0 Å². The van der Waals surface area contributed by atoms with Crippen LogP contribution in [0.1, 0.15) is 27.7 Å². The van der Waals surface area contributed by atoms with Crippen molar-refractivity contribution >= 4 is 17.5 Å². The molecule has 1 aromatic heterocycles. The number of halogens is 2. The topological polar surface area (TPSA) is 50.2 Å². The quantitative estimate of drug-likeness (QED) is 0.680. The van der Waals surface area contributed by atoms with Crippen LogP contribution in [0.15, 0.2) is 54.6 Å². The van der Waals surface area contributed by atoms with E-state index in [4.69, 9.17) is 11.6 Å². The fourth-order valence-electron chi connectivity index (χ4n) is 3.09. The number of rotatable bonds is 6. The van der Waals surface area contributed by atoms with Crippen LogP contribution in [0.25, 0.3) is 5.69 Å². The number of para-hydroxylation sites is 1. The average Bonchev–Trinajstić information content (AvgIpc) is 2.96. The van der Waals surface area contributed by atoms with Gasteiger partial charge in [-0.15, -0.1) is 0 Å². The van der Waals surface area contributed by atoms with Gasteiger partial charge in [0.2, 0.25) is 0 Å². The number of nitrogens with one attached hydrogen (secondary N) is 1. The normalized spacial score (nSPS) is 12.2. The number of amides is 1. The Kier molecular flexibility index (Phi) is 6.11. The van der Waals surface area contributed by atoms with Gasteiger partial charge in [0, 0.05) is 6.54 Å². The number of aromatic nitrogens is 2. The van der Waals surface area contributed by atoms with Crippen molar-refractivity contribution in [2.24, 2.45) is 0 Å². The third-order valence-corrected chi connectivity index (χ3v) is 4.89. The summed E-state index contributed by atoms with van der Waals surface area (Å²) in [5.74, 6) is -0.619. The van der Waals surface area contributed by atoms with Gasteiger partial charge < -0.3 is 10.2 Å². The Labute approximate surface area is 168 Å². The minimum Gasteiger partial charge on any atom is -0.350 e. The Morgan fingerprint density at radius 3 is 2.57 bits per heavy atom. The molecule has 0 fully saturated rings. The minimum absolute atomic E-state index is 0.178. The summed E-state index contributed by atoms with van der Waals surface area (Å²) in [5, 5.41) is 7.56. The van der Waals surface area contributed by atoms with Crippen LogP contribution in [0.3, 0.4) is 0 Å². The zero-order valence-corrected chi connectivity index (χ0v) is 16.7. The zero-order valence-electron chi connectivity index (χ0n) is 16.0. The molecule has 0 aliphatic carbocycles. The van der Waals surface area contributed by atoms with E-state index in [2.05, 4.69) is 10.4 Å². The van der Waals surface area contributed by atoms with Crippen LogP contribution >= 0.6 is 11.6 Å². The van der Waals surface area contributed by atoms with E-state index in [1.54, 1.807) is 17.7 Å². The second-order valence-corrected chi connectivity index (χ2v) is 7.10. The fourth-order valence-corrected chi connectivity index (χ4v) is 3.45. The van der Waals surface area contributed by atoms with Crippen LogP contribution in [-0.2, 0) is 0 Å². The molecule has 0 aliphatic heterocycles. The second-order valence-electron chi connectivity index (χ2n) is 6.74.